The number of pyridine rings is 1. The third-order valence-electron chi connectivity index (χ3n) is 3.04. The Morgan fingerprint density at radius 1 is 1.53 bits per heavy atom. The molecule has 19 heavy (non-hydrogen) atoms. The van der Waals surface area contributed by atoms with E-state index in [9.17, 15) is 9.90 Å². The lowest BCUT2D eigenvalue weighted by molar-refractivity contribution is -0.147. The summed E-state index contributed by atoms with van der Waals surface area (Å²) in [6.45, 7) is 3.32. The molecule has 0 aliphatic carbocycles. The van der Waals surface area contributed by atoms with Gasteiger partial charge in [0.1, 0.15) is 5.69 Å². The number of aliphatic carboxylic acids is 1. The van der Waals surface area contributed by atoms with Crippen LogP contribution < -0.4 is 0 Å². The Balaban J connectivity index is 2.54. The highest BCUT2D eigenvalue weighted by Crippen LogP contribution is 2.25. The van der Waals surface area contributed by atoms with Gasteiger partial charge in [0.25, 0.3) is 0 Å². The Morgan fingerprint density at radius 2 is 2.26 bits per heavy atom. The summed E-state index contributed by atoms with van der Waals surface area (Å²) in [4.78, 5) is 15.5. The average Bonchev–Trinajstić information content (AvgIpc) is 2.88. The minimum absolute atomic E-state index is 0.295. The molecule has 1 atom stereocenters. The second-order valence-corrected chi connectivity index (χ2v) is 4.64. The van der Waals surface area contributed by atoms with Crippen molar-refractivity contribution in [2.24, 2.45) is 0 Å². The van der Waals surface area contributed by atoms with Crippen molar-refractivity contribution >= 4 is 17.6 Å². The molecule has 8 heteroatoms. The first-order valence-electron chi connectivity index (χ1n) is 5.63. The largest absolute Gasteiger partial charge is 0.479 e. The van der Waals surface area contributed by atoms with Crippen molar-refractivity contribution in [1.29, 1.82) is 0 Å². The van der Waals surface area contributed by atoms with Crippen molar-refractivity contribution in [2.45, 2.75) is 25.8 Å². The lowest BCUT2D eigenvalue weighted by atomic mass is 9.99. The van der Waals surface area contributed by atoms with Crippen LogP contribution in [0.25, 0.3) is 11.5 Å². The van der Waals surface area contributed by atoms with E-state index in [2.05, 4.69) is 20.5 Å². The van der Waals surface area contributed by atoms with Gasteiger partial charge in [0.15, 0.2) is 5.54 Å². The molecule has 0 amide bonds. The summed E-state index contributed by atoms with van der Waals surface area (Å²) in [5.74, 6) is -0.707. The molecule has 1 unspecified atom stereocenters. The fraction of sp³-hybridized carbons (Fsp3) is 0.364. The van der Waals surface area contributed by atoms with E-state index in [0.717, 1.165) is 0 Å². The van der Waals surface area contributed by atoms with Crippen molar-refractivity contribution in [2.75, 3.05) is 0 Å². The summed E-state index contributed by atoms with van der Waals surface area (Å²) >= 11 is 5.77. The number of rotatable bonds is 4. The molecule has 2 rings (SSSR count). The highest BCUT2D eigenvalue weighted by Gasteiger charge is 2.37. The Morgan fingerprint density at radius 3 is 2.79 bits per heavy atom. The van der Waals surface area contributed by atoms with Crippen LogP contribution in [0, 0.1) is 0 Å². The maximum absolute atomic E-state index is 11.4. The van der Waals surface area contributed by atoms with E-state index < -0.39 is 11.5 Å². The van der Waals surface area contributed by atoms with Gasteiger partial charge in [-0.25, -0.2) is 9.48 Å². The average molecular weight is 282 g/mol. The number of halogens is 1. The van der Waals surface area contributed by atoms with Gasteiger partial charge in [0.05, 0.1) is 5.02 Å². The third-order valence-corrected chi connectivity index (χ3v) is 3.27. The van der Waals surface area contributed by atoms with Crippen molar-refractivity contribution < 1.29 is 9.90 Å². The summed E-state index contributed by atoms with van der Waals surface area (Å²) in [5, 5.41) is 21.0. The number of tetrazole rings is 1. The molecule has 2 heterocycles. The maximum Gasteiger partial charge on any atom is 0.331 e. The van der Waals surface area contributed by atoms with E-state index in [1.165, 1.54) is 10.9 Å². The molecular formula is C11H12ClN5O2. The highest BCUT2D eigenvalue weighted by molar-refractivity contribution is 6.30. The summed E-state index contributed by atoms with van der Waals surface area (Å²) in [6.07, 6.45) is 1.80. The minimum atomic E-state index is -1.22. The van der Waals surface area contributed by atoms with Crippen LogP contribution in [0.15, 0.2) is 18.3 Å². The van der Waals surface area contributed by atoms with Crippen LogP contribution in [-0.2, 0) is 10.3 Å². The number of hydrogen-bond donors (Lipinski definition) is 1. The zero-order valence-electron chi connectivity index (χ0n) is 10.4. The number of hydrogen-bond acceptors (Lipinski definition) is 5. The zero-order valence-corrected chi connectivity index (χ0v) is 11.2. The predicted molar refractivity (Wildman–Crippen MR) is 67.6 cm³/mol. The molecule has 0 saturated heterocycles. The second-order valence-electron chi connectivity index (χ2n) is 4.21. The second kappa shape index (κ2) is 4.93. The van der Waals surface area contributed by atoms with E-state index >= 15 is 0 Å². The maximum atomic E-state index is 11.4. The molecule has 0 spiro atoms. The number of nitrogens with zero attached hydrogens (tertiary/aromatic N) is 5. The molecule has 100 valence electrons. The first-order chi connectivity index (χ1) is 8.99. The van der Waals surface area contributed by atoms with E-state index in [4.69, 9.17) is 11.6 Å². The van der Waals surface area contributed by atoms with Crippen LogP contribution in [0.4, 0.5) is 0 Å². The third kappa shape index (κ3) is 2.28. The first-order valence-corrected chi connectivity index (χ1v) is 6.01. The summed E-state index contributed by atoms with van der Waals surface area (Å²) in [6, 6.07) is 3.29. The van der Waals surface area contributed by atoms with Gasteiger partial charge in [0.2, 0.25) is 5.82 Å². The molecule has 2 aromatic heterocycles. The van der Waals surface area contributed by atoms with Gasteiger partial charge in [-0.05, 0) is 35.9 Å². The predicted octanol–water partition coefficient (Wildman–Crippen LogP) is 1.60. The van der Waals surface area contributed by atoms with Gasteiger partial charge in [-0.3, -0.25) is 4.98 Å². The molecule has 7 nitrogen and oxygen atoms in total. The minimum Gasteiger partial charge on any atom is -0.479 e. The molecule has 0 aliphatic heterocycles. The van der Waals surface area contributed by atoms with Crippen LogP contribution in [0.3, 0.4) is 0 Å². The van der Waals surface area contributed by atoms with Crippen LogP contribution >= 0.6 is 11.6 Å². The Kier molecular flexibility index (Phi) is 3.48. The Hall–Kier alpha value is -2.02. The molecule has 0 saturated carbocycles. The molecule has 0 fully saturated rings. The fourth-order valence-electron chi connectivity index (χ4n) is 1.58. The molecule has 1 N–H and O–H groups in total. The SMILES string of the molecule is CCC(C)(C(=O)O)n1nnnc1-c1ccc(Cl)cn1. The van der Waals surface area contributed by atoms with Gasteiger partial charge >= 0.3 is 5.97 Å². The van der Waals surface area contributed by atoms with E-state index in [1.807, 2.05) is 0 Å². The van der Waals surface area contributed by atoms with Crippen molar-refractivity contribution in [3.05, 3.63) is 23.4 Å². The molecule has 0 aliphatic rings. The molecule has 0 bridgehead atoms. The van der Waals surface area contributed by atoms with Gasteiger partial charge < -0.3 is 5.11 Å². The van der Waals surface area contributed by atoms with Gasteiger partial charge in [-0.2, -0.15) is 0 Å². The number of aromatic nitrogens is 5. The van der Waals surface area contributed by atoms with Gasteiger partial charge in [0, 0.05) is 6.20 Å². The van der Waals surface area contributed by atoms with Gasteiger partial charge in [-0.15, -0.1) is 5.10 Å². The fourth-order valence-corrected chi connectivity index (χ4v) is 1.69. The monoisotopic (exact) mass is 281 g/mol. The first kappa shape index (κ1) is 13.4. The van der Waals surface area contributed by atoms with E-state index in [0.29, 0.717) is 23.0 Å². The van der Waals surface area contributed by atoms with E-state index in [-0.39, 0.29) is 0 Å². The zero-order chi connectivity index (χ0) is 14.0. The molecule has 0 aromatic carbocycles. The lowest BCUT2D eigenvalue weighted by Crippen LogP contribution is -2.39. The quantitative estimate of drug-likeness (QED) is 0.915. The normalized spacial score (nSPS) is 14.1. The van der Waals surface area contributed by atoms with Crippen LogP contribution in [0.5, 0.6) is 0 Å². The van der Waals surface area contributed by atoms with E-state index in [1.54, 1.807) is 26.0 Å². The standard InChI is InChI=1S/C11H12ClN5O2/c1-3-11(2,10(18)19)17-9(14-15-16-17)8-5-4-7(12)6-13-8/h4-6H,3H2,1-2H3,(H,18,19). The lowest BCUT2D eigenvalue weighted by Gasteiger charge is -2.23. The molecule has 0 radical (unpaired) electrons. The van der Waals surface area contributed by atoms with Crippen molar-refractivity contribution in [3.8, 4) is 11.5 Å². The van der Waals surface area contributed by atoms with Crippen LogP contribution in [-0.4, -0.2) is 36.3 Å². The summed E-state index contributed by atoms with van der Waals surface area (Å²) in [7, 11) is 0. The summed E-state index contributed by atoms with van der Waals surface area (Å²) < 4.78 is 1.27. The van der Waals surface area contributed by atoms with Crippen molar-refractivity contribution in [1.82, 2.24) is 25.2 Å². The van der Waals surface area contributed by atoms with Gasteiger partial charge in [-0.1, -0.05) is 18.5 Å². The van der Waals surface area contributed by atoms with Crippen molar-refractivity contribution in [3.63, 3.8) is 0 Å². The van der Waals surface area contributed by atoms with Crippen LogP contribution in [0.2, 0.25) is 5.02 Å². The Bertz CT molecular complexity index is 597. The smallest absolute Gasteiger partial charge is 0.331 e. The molecule has 2 aromatic rings. The van der Waals surface area contributed by atoms with Crippen LogP contribution in [0.1, 0.15) is 20.3 Å². The number of carboxylic acids is 1. The molecular weight excluding hydrogens is 270 g/mol. The highest BCUT2D eigenvalue weighted by atomic mass is 35.5. The Labute approximate surface area is 114 Å². The topological polar surface area (TPSA) is 93.8 Å². The number of carboxylic acid groups (broad SMARTS) is 1. The summed E-state index contributed by atoms with van der Waals surface area (Å²) in [5.41, 5.74) is -0.754. The number of carbonyl (C=O) groups is 1.